The molecular weight excluding hydrogens is 382 g/mol. The first kappa shape index (κ1) is 19.1. The number of rotatable bonds is 6. The van der Waals surface area contributed by atoms with E-state index >= 15 is 0 Å². The standard InChI is InChI=1S/C20H18ClN3O2S/c1-13(16-9-5-6-10-17(16)21)22-18(25)11-15-12-27-20(23-15)24-19(26)14-7-3-2-4-8-14/h2-10,12-13H,11H2,1H3,(H,22,25)(H,23,24,26). The summed E-state index contributed by atoms with van der Waals surface area (Å²) in [5, 5.41) is 8.50. The number of thiazole rings is 1. The lowest BCUT2D eigenvalue weighted by molar-refractivity contribution is -0.121. The highest BCUT2D eigenvalue weighted by Gasteiger charge is 2.15. The summed E-state index contributed by atoms with van der Waals surface area (Å²) in [4.78, 5) is 28.7. The van der Waals surface area contributed by atoms with E-state index in [1.54, 1.807) is 35.7 Å². The second kappa shape index (κ2) is 8.79. The zero-order valence-corrected chi connectivity index (χ0v) is 16.2. The van der Waals surface area contributed by atoms with Crippen LogP contribution in [0.2, 0.25) is 5.02 Å². The van der Waals surface area contributed by atoms with Crippen molar-refractivity contribution in [2.24, 2.45) is 0 Å². The Labute approximate surface area is 166 Å². The van der Waals surface area contributed by atoms with Gasteiger partial charge in [-0.1, -0.05) is 48.0 Å². The molecular formula is C20H18ClN3O2S. The van der Waals surface area contributed by atoms with Crippen LogP contribution in [0.15, 0.2) is 60.0 Å². The molecule has 0 saturated heterocycles. The maximum Gasteiger partial charge on any atom is 0.257 e. The van der Waals surface area contributed by atoms with Crippen molar-refractivity contribution in [2.75, 3.05) is 5.32 Å². The third-order valence-electron chi connectivity index (χ3n) is 3.90. The summed E-state index contributed by atoms with van der Waals surface area (Å²) in [6, 6.07) is 16.1. The minimum Gasteiger partial charge on any atom is -0.349 e. The van der Waals surface area contributed by atoms with Crippen LogP contribution in [-0.4, -0.2) is 16.8 Å². The van der Waals surface area contributed by atoms with E-state index in [1.165, 1.54) is 11.3 Å². The van der Waals surface area contributed by atoms with Crippen LogP contribution in [0.5, 0.6) is 0 Å². The van der Waals surface area contributed by atoms with E-state index in [2.05, 4.69) is 15.6 Å². The molecule has 1 atom stereocenters. The van der Waals surface area contributed by atoms with Gasteiger partial charge in [-0.3, -0.25) is 14.9 Å². The van der Waals surface area contributed by atoms with E-state index in [4.69, 9.17) is 11.6 Å². The normalized spacial score (nSPS) is 11.6. The zero-order valence-electron chi connectivity index (χ0n) is 14.6. The predicted molar refractivity (Wildman–Crippen MR) is 108 cm³/mol. The Bertz CT molecular complexity index is 943. The number of carbonyl (C=O) groups is 2. The van der Waals surface area contributed by atoms with Crippen molar-refractivity contribution in [1.82, 2.24) is 10.3 Å². The SMILES string of the molecule is CC(NC(=O)Cc1csc(NC(=O)c2ccccc2)n1)c1ccccc1Cl. The Balaban J connectivity index is 1.56. The molecule has 3 aromatic rings. The number of hydrogen-bond donors (Lipinski definition) is 2. The summed E-state index contributed by atoms with van der Waals surface area (Å²) in [5.74, 6) is -0.387. The minimum atomic E-state index is -0.228. The number of nitrogens with one attached hydrogen (secondary N) is 2. The van der Waals surface area contributed by atoms with Gasteiger partial charge in [0.05, 0.1) is 18.2 Å². The van der Waals surface area contributed by atoms with Crippen LogP contribution in [0.4, 0.5) is 5.13 Å². The largest absolute Gasteiger partial charge is 0.349 e. The van der Waals surface area contributed by atoms with E-state index in [1.807, 2.05) is 31.2 Å². The molecule has 7 heteroatoms. The number of carbonyl (C=O) groups excluding carboxylic acids is 2. The van der Waals surface area contributed by atoms with Crippen molar-refractivity contribution < 1.29 is 9.59 Å². The number of benzene rings is 2. The van der Waals surface area contributed by atoms with Gasteiger partial charge in [-0.15, -0.1) is 11.3 Å². The highest BCUT2D eigenvalue weighted by molar-refractivity contribution is 7.14. The first-order chi connectivity index (χ1) is 13.0. The molecule has 2 aromatic carbocycles. The molecule has 0 aliphatic carbocycles. The summed E-state index contributed by atoms with van der Waals surface area (Å²) in [7, 11) is 0. The average Bonchev–Trinajstić information content (AvgIpc) is 3.09. The van der Waals surface area contributed by atoms with Crippen molar-refractivity contribution in [3.8, 4) is 0 Å². The van der Waals surface area contributed by atoms with Crippen molar-refractivity contribution >= 4 is 39.9 Å². The molecule has 5 nitrogen and oxygen atoms in total. The molecule has 0 fully saturated rings. The second-order valence-corrected chi connectivity index (χ2v) is 7.22. The van der Waals surface area contributed by atoms with Crippen molar-refractivity contribution in [3.63, 3.8) is 0 Å². The molecule has 2 amide bonds. The summed E-state index contributed by atoms with van der Waals surface area (Å²) in [5.41, 5.74) is 2.02. The number of hydrogen-bond acceptors (Lipinski definition) is 4. The highest BCUT2D eigenvalue weighted by Crippen LogP contribution is 2.22. The van der Waals surface area contributed by atoms with E-state index in [0.29, 0.717) is 21.4 Å². The van der Waals surface area contributed by atoms with Crippen molar-refractivity contribution in [2.45, 2.75) is 19.4 Å². The fourth-order valence-corrected chi connectivity index (χ4v) is 3.57. The van der Waals surface area contributed by atoms with E-state index in [0.717, 1.165) is 5.56 Å². The maximum absolute atomic E-state index is 12.3. The van der Waals surface area contributed by atoms with Gasteiger partial charge in [-0.05, 0) is 30.7 Å². The van der Waals surface area contributed by atoms with Crippen LogP contribution in [0.1, 0.15) is 34.6 Å². The second-order valence-electron chi connectivity index (χ2n) is 5.95. The van der Waals surface area contributed by atoms with Gasteiger partial charge < -0.3 is 5.32 Å². The Morgan fingerprint density at radius 3 is 2.56 bits per heavy atom. The van der Waals surface area contributed by atoms with Crippen LogP contribution >= 0.6 is 22.9 Å². The fourth-order valence-electron chi connectivity index (χ4n) is 2.57. The smallest absolute Gasteiger partial charge is 0.257 e. The summed E-state index contributed by atoms with van der Waals surface area (Å²) >= 11 is 7.45. The van der Waals surface area contributed by atoms with Crippen molar-refractivity contribution in [3.05, 3.63) is 81.8 Å². The Kier molecular flexibility index (Phi) is 6.21. The maximum atomic E-state index is 12.3. The van der Waals surface area contributed by atoms with Crippen LogP contribution < -0.4 is 10.6 Å². The number of aromatic nitrogens is 1. The molecule has 0 aliphatic heterocycles. The van der Waals surface area contributed by atoms with E-state index < -0.39 is 0 Å². The topological polar surface area (TPSA) is 71.1 Å². The van der Waals surface area contributed by atoms with Gasteiger partial charge in [0, 0.05) is 16.0 Å². The number of halogens is 1. The first-order valence-corrected chi connectivity index (χ1v) is 9.63. The van der Waals surface area contributed by atoms with Gasteiger partial charge in [0.25, 0.3) is 5.91 Å². The lowest BCUT2D eigenvalue weighted by Gasteiger charge is -2.15. The molecule has 3 rings (SSSR count). The lowest BCUT2D eigenvalue weighted by Crippen LogP contribution is -2.28. The molecule has 27 heavy (non-hydrogen) atoms. The third-order valence-corrected chi connectivity index (χ3v) is 5.05. The molecule has 1 heterocycles. The monoisotopic (exact) mass is 399 g/mol. The molecule has 0 aliphatic rings. The third kappa shape index (κ3) is 5.15. The molecule has 138 valence electrons. The van der Waals surface area contributed by atoms with Gasteiger partial charge in [0.15, 0.2) is 5.13 Å². The van der Waals surface area contributed by atoms with Crippen molar-refractivity contribution in [1.29, 1.82) is 0 Å². The van der Waals surface area contributed by atoms with Gasteiger partial charge in [-0.25, -0.2) is 4.98 Å². The zero-order chi connectivity index (χ0) is 19.2. The van der Waals surface area contributed by atoms with Gasteiger partial charge in [-0.2, -0.15) is 0 Å². The lowest BCUT2D eigenvalue weighted by atomic mass is 10.1. The Hall–Kier alpha value is -2.70. The average molecular weight is 400 g/mol. The fraction of sp³-hybridized carbons (Fsp3) is 0.150. The number of anilines is 1. The molecule has 0 radical (unpaired) electrons. The first-order valence-electron chi connectivity index (χ1n) is 8.37. The minimum absolute atomic E-state index is 0.131. The molecule has 1 unspecified atom stereocenters. The quantitative estimate of drug-likeness (QED) is 0.642. The Morgan fingerprint density at radius 1 is 1.11 bits per heavy atom. The number of amides is 2. The number of nitrogens with zero attached hydrogens (tertiary/aromatic N) is 1. The van der Waals surface area contributed by atoms with Crippen LogP contribution in [0.25, 0.3) is 0 Å². The van der Waals surface area contributed by atoms with E-state index in [9.17, 15) is 9.59 Å². The van der Waals surface area contributed by atoms with Crippen LogP contribution in [0, 0.1) is 0 Å². The predicted octanol–water partition coefficient (Wildman–Crippen LogP) is 4.47. The molecule has 0 bridgehead atoms. The van der Waals surface area contributed by atoms with Crippen LogP contribution in [-0.2, 0) is 11.2 Å². The molecule has 0 saturated carbocycles. The molecule has 0 spiro atoms. The van der Waals surface area contributed by atoms with Gasteiger partial charge >= 0.3 is 0 Å². The van der Waals surface area contributed by atoms with Crippen LogP contribution in [0.3, 0.4) is 0 Å². The summed E-state index contributed by atoms with van der Waals surface area (Å²) < 4.78 is 0. The summed E-state index contributed by atoms with van der Waals surface area (Å²) in [6.45, 7) is 1.88. The summed E-state index contributed by atoms with van der Waals surface area (Å²) in [6.07, 6.45) is 0.131. The molecule has 2 N–H and O–H groups in total. The van der Waals surface area contributed by atoms with Gasteiger partial charge in [0.2, 0.25) is 5.91 Å². The van der Waals surface area contributed by atoms with Gasteiger partial charge in [0.1, 0.15) is 0 Å². The molecule has 1 aromatic heterocycles. The Morgan fingerprint density at radius 2 is 1.81 bits per heavy atom. The van der Waals surface area contributed by atoms with E-state index in [-0.39, 0.29) is 24.3 Å². The highest BCUT2D eigenvalue weighted by atomic mass is 35.5.